The Hall–Kier alpha value is -1.66. The monoisotopic (exact) mass is 231 g/mol. The van der Waals surface area contributed by atoms with E-state index in [0.29, 0.717) is 11.1 Å². The van der Waals surface area contributed by atoms with Crippen LogP contribution in [0.25, 0.3) is 0 Å². The van der Waals surface area contributed by atoms with Crippen molar-refractivity contribution >= 4 is 13.3 Å². The quantitative estimate of drug-likeness (QED) is 0.756. The van der Waals surface area contributed by atoms with E-state index in [1.807, 2.05) is 49.4 Å². The fourth-order valence-corrected chi connectivity index (χ4v) is 2.26. The molecular formula is C13H12O2P+. The Kier molecular flexibility index (Phi) is 3.33. The normalized spacial score (nSPS) is 10.9. The standard InChI is InChI=1S/C13H12O2P/c1-11-7-5-6-10-13(11)15-16(14)12-8-3-2-4-9-12/h2-10H,1H3/q+1. The molecule has 0 heterocycles. The van der Waals surface area contributed by atoms with Crippen LogP contribution in [0.3, 0.4) is 0 Å². The molecule has 1 unspecified atom stereocenters. The molecule has 0 amide bonds. The lowest BCUT2D eigenvalue weighted by atomic mass is 10.2. The van der Waals surface area contributed by atoms with Crippen molar-refractivity contribution in [1.82, 2.24) is 0 Å². The van der Waals surface area contributed by atoms with E-state index in [0.717, 1.165) is 5.56 Å². The first-order valence-corrected chi connectivity index (χ1v) is 6.21. The van der Waals surface area contributed by atoms with Crippen LogP contribution in [0.15, 0.2) is 54.6 Å². The van der Waals surface area contributed by atoms with Crippen molar-refractivity contribution in [3.8, 4) is 5.75 Å². The van der Waals surface area contributed by atoms with E-state index in [9.17, 15) is 4.57 Å². The summed E-state index contributed by atoms with van der Waals surface area (Å²) in [6.07, 6.45) is 0. The maximum absolute atomic E-state index is 11.9. The number of hydrogen-bond donors (Lipinski definition) is 0. The SMILES string of the molecule is Cc1ccccc1O[P+](=O)c1ccccc1. The van der Waals surface area contributed by atoms with Crippen LogP contribution >= 0.6 is 8.03 Å². The summed E-state index contributed by atoms with van der Waals surface area (Å²) in [7, 11) is -1.82. The van der Waals surface area contributed by atoms with Crippen LogP contribution < -0.4 is 9.83 Å². The van der Waals surface area contributed by atoms with Crippen LogP contribution in [0.2, 0.25) is 0 Å². The van der Waals surface area contributed by atoms with E-state index >= 15 is 0 Å². The van der Waals surface area contributed by atoms with Gasteiger partial charge in [-0.3, -0.25) is 0 Å². The molecule has 2 aromatic carbocycles. The number of aryl methyl sites for hydroxylation is 1. The molecule has 0 N–H and O–H groups in total. The van der Waals surface area contributed by atoms with E-state index in [-0.39, 0.29) is 0 Å². The molecule has 1 atom stereocenters. The smallest absolute Gasteiger partial charge is 0.250 e. The lowest BCUT2D eigenvalue weighted by Gasteiger charge is -1.97. The van der Waals surface area contributed by atoms with Gasteiger partial charge in [-0.05, 0) is 35.3 Å². The largest absolute Gasteiger partial charge is 0.597 e. The predicted octanol–water partition coefficient (Wildman–Crippen LogP) is 3.44. The van der Waals surface area contributed by atoms with Crippen LogP contribution in [0, 0.1) is 6.92 Å². The minimum Gasteiger partial charge on any atom is -0.250 e. The summed E-state index contributed by atoms with van der Waals surface area (Å²) in [5.41, 5.74) is 0.988. The maximum Gasteiger partial charge on any atom is 0.597 e. The van der Waals surface area contributed by atoms with Gasteiger partial charge in [0.2, 0.25) is 5.30 Å². The summed E-state index contributed by atoms with van der Waals surface area (Å²) in [4.78, 5) is 0. The maximum atomic E-state index is 11.9. The van der Waals surface area contributed by atoms with Gasteiger partial charge in [0.1, 0.15) is 0 Å². The zero-order chi connectivity index (χ0) is 11.4. The third kappa shape index (κ3) is 2.47. The molecule has 2 nitrogen and oxygen atoms in total. The molecule has 0 bridgehead atoms. The van der Waals surface area contributed by atoms with E-state index in [4.69, 9.17) is 4.52 Å². The second-order valence-electron chi connectivity index (χ2n) is 3.45. The van der Waals surface area contributed by atoms with Crippen molar-refractivity contribution in [1.29, 1.82) is 0 Å². The predicted molar refractivity (Wildman–Crippen MR) is 65.5 cm³/mol. The summed E-state index contributed by atoms with van der Waals surface area (Å²) in [5, 5.41) is 0.709. The van der Waals surface area contributed by atoms with Crippen molar-refractivity contribution in [2.45, 2.75) is 6.92 Å². The summed E-state index contributed by atoms with van der Waals surface area (Å²) in [6, 6.07) is 16.8. The van der Waals surface area contributed by atoms with Crippen LogP contribution in [0.5, 0.6) is 5.75 Å². The van der Waals surface area contributed by atoms with Gasteiger partial charge in [-0.15, -0.1) is 0 Å². The van der Waals surface area contributed by atoms with Gasteiger partial charge in [0.15, 0.2) is 5.75 Å². The first-order chi connectivity index (χ1) is 7.77. The Labute approximate surface area is 95.8 Å². The second kappa shape index (κ2) is 4.91. The molecule has 0 spiro atoms. The molecule has 0 fully saturated rings. The highest BCUT2D eigenvalue weighted by molar-refractivity contribution is 7.48. The van der Waals surface area contributed by atoms with Gasteiger partial charge in [-0.2, -0.15) is 0 Å². The topological polar surface area (TPSA) is 26.3 Å². The molecule has 0 aliphatic heterocycles. The van der Waals surface area contributed by atoms with Crippen LogP contribution in [-0.2, 0) is 4.57 Å². The first kappa shape index (κ1) is 10.8. The van der Waals surface area contributed by atoms with Gasteiger partial charge in [-0.1, -0.05) is 36.4 Å². The second-order valence-corrected chi connectivity index (χ2v) is 4.66. The molecule has 0 saturated heterocycles. The molecule has 2 rings (SSSR count). The zero-order valence-electron chi connectivity index (χ0n) is 8.96. The molecule has 16 heavy (non-hydrogen) atoms. The Morgan fingerprint density at radius 2 is 1.56 bits per heavy atom. The van der Waals surface area contributed by atoms with Crippen molar-refractivity contribution in [2.75, 3.05) is 0 Å². The van der Waals surface area contributed by atoms with Gasteiger partial charge < -0.3 is 0 Å². The zero-order valence-corrected chi connectivity index (χ0v) is 9.85. The Morgan fingerprint density at radius 1 is 0.938 bits per heavy atom. The summed E-state index contributed by atoms with van der Waals surface area (Å²) < 4.78 is 17.3. The highest BCUT2D eigenvalue weighted by Crippen LogP contribution is 2.28. The van der Waals surface area contributed by atoms with E-state index in [1.54, 1.807) is 12.1 Å². The third-order valence-electron chi connectivity index (χ3n) is 2.24. The number of hydrogen-bond acceptors (Lipinski definition) is 2. The van der Waals surface area contributed by atoms with Crippen LogP contribution in [0.4, 0.5) is 0 Å². The highest BCUT2D eigenvalue weighted by atomic mass is 31.1. The van der Waals surface area contributed by atoms with E-state index < -0.39 is 8.03 Å². The lowest BCUT2D eigenvalue weighted by molar-refractivity contribution is 0.512. The lowest BCUT2D eigenvalue weighted by Crippen LogP contribution is -1.99. The third-order valence-corrected chi connectivity index (χ3v) is 3.32. The van der Waals surface area contributed by atoms with Gasteiger partial charge in [0.05, 0.1) is 0 Å². The number of para-hydroxylation sites is 1. The van der Waals surface area contributed by atoms with Gasteiger partial charge in [-0.25, -0.2) is 4.52 Å². The van der Waals surface area contributed by atoms with Crippen molar-refractivity contribution in [2.24, 2.45) is 0 Å². The average molecular weight is 231 g/mol. The van der Waals surface area contributed by atoms with Gasteiger partial charge >= 0.3 is 8.03 Å². The Bertz CT molecular complexity index is 494. The Morgan fingerprint density at radius 3 is 2.25 bits per heavy atom. The molecule has 0 aliphatic rings. The molecule has 0 saturated carbocycles. The average Bonchev–Trinajstić information content (AvgIpc) is 2.33. The van der Waals surface area contributed by atoms with Crippen molar-refractivity contribution in [3.05, 3.63) is 60.2 Å². The fraction of sp³-hybridized carbons (Fsp3) is 0.0769. The van der Waals surface area contributed by atoms with Crippen molar-refractivity contribution in [3.63, 3.8) is 0 Å². The summed E-state index contributed by atoms with van der Waals surface area (Å²) >= 11 is 0. The Balaban J connectivity index is 2.18. The molecule has 3 heteroatoms. The van der Waals surface area contributed by atoms with Gasteiger partial charge in [0.25, 0.3) is 0 Å². The minimum atomic E-state index is -1.82. The van der Waals surface area contributed by atoms with Crippen LogP contribution in [-0.4, -0.2) is 0 Å². The molecule has 80 valence electrons. The summed E-state index contributed by atoms with van der Waals surface area (Å²) in [5.74, 6) is 0.674. The van der Waals surface area contributed by atoms with Gasteiger partial charge in [0, 0.05) is 0 Å². The molecule has 2 aromatic rings. The van der Waals surface area contributed by atoms with E-state index in [1.165, 1.54) is 0 Å². The molecule has 0 aromatic heterocycles. The van der Waals surface area contributed by atoms with E-state index in [2.05, 4.69) is 0 Å². The minimum absolute atomic E-state index is 0.674. The molecule has 0 radical (unpaired) electrons. The number of rotatable bonds is 3. The number of benzene rings is 2. The van der Waals surface area contributed by atoms with Crippen LogP contribution in [0.1, 0.15) is 5.56 Å². The molecule has 0 aliphatic carbocycles. The highest BCUT2D eigenvalue weighted by Gasteiger charge is 2.23. The fourth-order valence-electron chi connectivity index (χ4n) is 1.35. The summed E-state index contributed by atoms with van der Waals surface area (Å²) in [6.45, 7) is 1.93. The van der Waals surface area contributed by atoms with Crippen molar-refractivity contribution < 1.29 is 9.09 Å². The first-order valence-electron chi connectivity index (χ1n) is 5.03. The molecular weight excluding hydrogens is 219 g/mol.